The van der Waals surface area contributed by atoms with Crippen molar-refractivity contribution in [3.05, 3.63) is 23.8 Å². The molecule has 0 aliphatic heterocycles. The molecule has 1 N–H and O–H groups in total. The zero-order valence-corrected chi connectivity index (χ0v) is 11.2. The molecule has 0 saturated heterocycles. The third kappa shape index (κ3) is 4.97. The number of hydrogen-bond donors (Lipinski definition) is 1. The molecule has 0 aliphatic rings. The Hall–Kier alpha value is -2.08. The number of methoxy groups -OCH3 is 1. The first-order valence-electron chi connectivity index (χ1n) is 5.74. The topological polar surface area (TPSA) is 73.9 Å². The van der Waals surface area contributed by atoms with Gasteiger partial charge in [0.25, 0.3) is 0 Å². The van der Waals surface area contributed by atoms with E-state index in [1.54, 1.807) is 25.3 Å². The highest BCUT2D eigenvalue weighted by Crippen LogP contribution is 2.25. The van der Waals surface area contributed by atoms with Crippen LogP contribution in [0.3, 0.4) is 0 Å². The van der Waals surface area contributed by atoms with Crippen molar-refractivity contribution in [2.75, 3.05) is 14.2 Å². The highest BCUT2D eigenvalue weighted by atomic mass is 16.6. The lowest BCUT2D eigenvalue weighted by molar-refractivity contribution is -0.132. The van der Waals surface area contributed by atoms with Gasteiger partial charge in [0.15, 0.2) is 0 Å². The number of nitrogens with one attached hydrogen (secondary N) is 1. The zero-order valence-electron chi connectivity index (χ0n) is 11.2. The number of hydrogen-bond acceptors (Lipinski definition) is 5. The van der Waals surface area contributed by atoms with Crippen LogP contribution in [0, 0.1) is 0 Å². The molecule has 0 aromatic heterocycles. The maximum absolute atomic E-state index is 11.3. The van der Waals surface area contributed by atoms with E-state index >= 15 is 0 Å². The molecule has 0 radical (unpaired) electrons. The fourth-order valence-electron chi connectivity index (χ4n) is 1.55. The Labute approximate surface area is 111 Å². The van der Waals surface area contributed by atoms with E-state index in [1.165, 1.54) is 14.0 Å². The van der Waals surface area contributed by atoms with E-state index in [1.807, 2.05) is 0 Å². The molecule has 0 saturated carbocycles. The van der Waals surface area contributed by atoms with Crippen LogP contribution in [0.2, 0.25) is 0 Å². The van der Waals surface area contributed by atoms with Crippen molar-refractivity contribution in [1.29, 1.82) is 0 Å². The molecule has 1 aromatic carbocycles. The predicted molar refractivity (Wildman–Crippen MR) is 67.8 cm³/mol. The molecule has 0 unspecified atom stereocenters. The summed E-state index contributed by atoms with van der Waals surface area (Å²) < 4.78 is 10.2. The Balaban J connectivity index is 2.82. The standard InChI is InChI=1S/C13H17NO5/c1-9(15)19-12-6-5-11(17-2)8-10(12)4-7-13(16)14-18-3/h5-6,8H,4,7H2,1-3H3,(H,14,16). The summed E-state index contributed by atoms with van der Waals surface area (Å²) in [6, 6.07) is 5.07. The average molecular weight is 267 g/mol. The lowest BCUT2D eigenvalue weighted by Gasteiger charge is -2.10. The summed E-state index contributed by atoms with van der Waals surface area (Å²) in [6.07, 6.45) is 0.629. The molecule has 1 amide bonds. The van der Waals surface area contributed by atoms with Crippen LogP contribution in [0.4, 0.5) is 0 Å². The molecule has 1 aromatic rings. The van der Waals surface area contributed by atoms with Crippen molar-refractivity contribution in [2.24, 2.45) is 0 Å². The van der Waals surface area contributed by atoms with Crippen LogP contribution in [0.15, 0.2) is 18.2 Å². The number of aryl methyl sites for hydroxylation is 1. The van der Waals surface area contributed by atoms with E-state index in [-0.39, 0.29) is 12.3 Å². The predicted octanol–water partition coefficient (Wildman–Crippen LogP) is 1.23. The summed E-state index contributed by atoms with van der Waals surface area (Å²) in [6.45, 7) is 1.33. The fraction of sp³-hybridized carbons (Fsp3) is 0.385. The van der Waals surface area contributed by atoms with Crippen molar-refractivity contribution in [1.82, 2.24) is 5.48 Å². The molecule has 0 spiro atoms. The number of carbonyl (C=O) groups is 2. The molecular weight excluding hydrogens is 250 g/mol. The molecule has 19 heavy (non-hydrogen) atoms. The first-order valence-corrected chi connectivity index (χ1v) is 5.74. The van der Waals surface area contributed by atoms with Crippen molar-refractivity contribution in [2.45, 2.75) is 19.8 Å². The molecule has 1 rings (SSSR count). The van der Waals surface area contributed by atoms with Gasteiger partial charge in [0.05, 0.1) is 14.2 Å². The van der Waals surface area contributed by atoms with Gasteiger partial charge in [0.2, 0.25) is 5.91 Å². The van der Waals surface area contributed by atoms with Crippen LogP contribution in [0.1, 0.15) is 18.9 Å². The fourth-order valence-corrected chi connectivity index (χ4v) is 1.55. The number of benzene rings is 1. The largest absolute Gasteiger partial charge is 0.497 e. The van der Waals surface area contributed by atoms with Crippen LogP contribution >= 0.6 is 0 Å². The number of esters is 1. The second kappa shape index (κ2) is 7.38. The summed E-state index contributed by atoms with van der Waals surface area (Å²) in [7, 11) is 2.91. The first-order chi connectivity index (χ1) is 9.06. The van der Waals surface area contributed by atoms with Gasteiger partial charge in [-0.1, -0.05) is 0 Å². The maximum atomic E-state index is 11.3. The van der Waals surface area contributed by atoms with Gasteiger partial charge in [-0.05, 0) is 30.2 Å². The number of carbonyl (C=O) groups excluding carboxylic acids is 2. The van der Waals surface area contributed by atoms with Gasteiger partial charge in [-0.25, -0.2) is 5.48 Å². The lowest BCUT2D eigenvalue weighted by atomic mass is 10.1. The molecule has 104 valence electrons. The van der Waals surface area contributed by atoms with Gasteiger partial charge in [-0.3, -0.25) is 14.4 Å². The Morgan fingerprint density at radius 1 is 1.26 bits per heavy atom. The van der Waals surface area contributed by atoms with Crippen molar-refractivity contribution < 1.29 is 23.9 Å². The molecule has 6 heteroatoms. The smallest absolute Gasteiger partial charge is 0.308 e. The van der Waals surface area contributed by atoms with Gasteiger partial charge < -0.3 is 9.47 Å². The first kappa shape index (κ1) is 15.0. The van der Waals surface area contributed by atoms with Gasteiger partial charge in [0.1, 0.15) is 11.5 Å². The summed E-state index contributed by atoms with van der Waals surface area (Å²) in [4.78, 5) is 26.9. The van der Waals surface area contributed by atoms with Crippen LogP contribution in [-0.4, -0.2) is 26.1 Å². The quantitative estimate of drug-likeness (QED) is 0.477. The number of hydroxylamine groups is 1. The van der Waals surface area contributed by atoms with Crippen LogP contribution in [0.5, 0.6) is 11.5 Å². The molecule has 0 heterocycles. The van der Waals surface area contributed by atoms with Gasteiger partial charge in [-0.2, -0.15) is 0 Å². The number of amides is 1. The minimum atomic E-state index is -0.409. The Morgan fingerprint density at radius 2 is 2.00 bits per heavy atom. The minimum Gasteiger partial charge on any atom is -0.497 e. The third-order valence-corrected chi connectivity index (χ3v) is 2.36. The highest BCUT2D eigenvalue weighted by molar-refractivity contribution is 5.75. The molecule has 0 fully saturated rings. The van der Waals surface area contributed by atoms with Crippen molar-refractivity contribution in [3.63, 3.8) is 0 Å². The van der Waals surface area contributed by atoms with Crippen LogP contribution in [-0.2, 0) is 20.8 Å². The van der Waals surface area contributed by atoms with Gasteiger partial charge in [0, 0.05) is 13.3 Å². The van der Waals surface area contributed by atoms with Crippen molar-refractivity contribution >= 4 is 11.9 Å². The van der Waals surface area contributed by atoms with Gasteiger partial charge in [-0.15, -0.1) is 0 Å². The number of ether oxygens (including phenoxy) is 2. The van der Waals surface area contributed by atoms with E-state index in [2.05, 4.69) is 10.3 Å². The minimum absolute atomic E-state index is 0.218. The summed E-state index contributed by atoms with van der Waals surface area (Å²) in [5.41, 5.74) is 2.95. The lowest BCUT2D eigenvalue weighted by Crippen LogP contribution is -2.22. The SMILES string of the molecule is CONC(=O)CCc1cc(OC)ccc1OC(C)=O. The average Bonchev–Trinajstić information content (AvgIpc) is 2.37. The summed E-state index contributed by atoms with van der Waals surface area (Å²) in [5, 5.41) is 0. The van der Waals surface area contributed by atoms with E-state index in [0.717, 1.165) is 5.56 Å². The normalized spacial score (nSPS) is 9.84. The molecule has 6 nitrogen and oxygen atoms in total. The van der Waals surface area contributed by atoms with Crippen LogP contribution in [0.25, 0.3) is 0 Å². The summed E-state index contributed by atoms with van der Waals surface area (Å²) in [5.74, 6) is 0.406. The second-order valence-corrected chi connectivity index (χ2v) is 3.80. The van der Waals surface area contributed by atoms with Gasteiger partial charge >= 0.3 is 5.97 Å². The van der Waals surface area contributed by atoms with E-state index in [9.17, 15) is 9.59 Å². The monoisotopic (exact) mass is 267 g/mol. The third-order valence-electron chi connectivity index (χ3n) is 2.36. The van der Waals surface area contributed by atoms with Crippen LogP contribution < -0.4 is 15.0 Å². The number of rotatable bonds is 6. The molecular formula is C13H17NO5. The highest BCUT2D eigenvalue weighted by Gasteiger charge is 2.10. The second-order valence-electron chi connectivity index (χ2n) is 3.80. The Morgan fingerprint density at radius 3 is 2.58 bits per heavy atom. The zero-order chi connectivity index (χ0) is 14.3. The van der Waals surface area contributed by atoms with E-state index in [0.29, 0.717) is 17.9 Å². The Bertz CT molecular complexity index is 458. The molecule has 0 bridgehead atoms. The molecule has 0 aliphatic carbocycles. The maximum Gasteiger partial charge on any atom is 0.308 e. The summed E-state index contributed by atoms with van der Waals surface area (Å²) >= 11 is 0. The van der Waals surface area contributed by atoms with Crippen molar-refractivity contribution in [3.8, 4) is 11.5 Å². The molecule has 0 atom stereocenters. The van der Waals surface area contributed by atoms with E-state index < -0.39 is 5.97 Å². The Kier molecular flexibility index (Phi) is 5.81. The van der Waals surface area contributed by atoms with E-state index in [4.69, 9.17) is 9.47 Å².